The Labute approximate surface area is 124 Å². The number of alkyl halides is 1. The first kappa shape index (κ1) is 17.6. The first-order chi connectivity index (χ1) is 7.97. The van der Waals surface area contributed by atoms with Gasteiger partial charge in [-0.05, 0) is 30.7 Å². The van der Waals surface area contributed by atoms with E-state index < -0.39 is 18.2 Å². The molecule has 1 rings (SSSR count). The maximum Gasteiger partial charge on any atom is 0.342 e. The number of carbonyl (C=O) groups is 1. The van der Waals surface area contributed by atoms with Gasteiger partial charge < -0.3 is 10.5 Å². The van der Waals surface area contributed by atoms with Gasteiger partial charge in [-0.1, -0.05) is 27.5 Å². The molecule has 2 N–H and O–H groups in total. The monoisotopic (exact) mass is 359 g/mol. The largest absolute Gasteiger partial charge is 0.464 e. The minimum atomic E-state index is -1.91. The predicted octanol–water partition coefficient (Wildman–Crippen LogP) is 3.43. The Morgan fingerprint density at radius 2 is 2.22 bits per heavy atom. The molecule has 102 valence electrons. The molecule has 18 heavy (non-hydrogen) atoms. The number of rotatable bonds is 4. The van der Waals surface area contributed by atoms with Crippen LogP contribution in [0, 0.1) is 0 Å². The molecule has 0 heterocycles. The van der Waals surface area contributed by atoms with Gasteiger partial charge in [0.05, 0.1) is 12.6 Å². The van der Waals surface area contributed by atoms with Crippen LogP contribution < -0.4 is 5.73 Å². The summed E-state index contributed by atoms with van der Waals surface area (Å²) >= 11 is 9.02. The highest BCUT2D eigenvalue weighted by Gasteiger charge is 2.29. The van der Waals surface area contributed by atoms with Gasteiger partial charge in [-0.2, -0.15) is 0 Å². The van der Waals surface area contributed by atoms with E-state index >= 15 is 0 Å². The Balaban J connectivity index is 0.00000289. The van der Waals surface area contributed by atoms with Gasteiger partial charge in [0.1, 0.15) is 0 Å². The van der Waals surface area contributed by atoms with Crippen LogP contribution in [0.1, 0.15) is 18.5 Å². The minimum absolute atomic E-state index is 0. The van der Waals surface area contributed by atoms with E-state index in [0.717, 1.165) is 0 Å². The van der Waals surface area contributed by atoms with Gasteiger partial charge in [0, 0.05) is 9.50 Å². The first-order valence-electron chi connectivity index (χ1n) is 4.98. The minimum Gasteiger partial charge on any atom is -0.464 e. The SMILES string of the molecule is CCOC(=O)C(F)[C@H](N)c1cc(Cl)ccc1Br.Cl. The van der Waals surface area contributed by atoms with Crippen molar-refractivity contribution >= 4 is 45.9 Å². The fraction of sp³-hybridized carbons (Fsp3) is 0.364. The van der Waals surface area contributed by atoms with Crippen molar-refractivity contribution in [3.05, 3.63) is 33.3 Å². The second-order valence-electron chi connectivity index (χ2n) is 3.35. The van der Waals surface area contributed by atoms with Crippen molar-refractivity contribution < 1.29 is 13.9 Å². The summed E-state index contributed by atoms with van der Waals surface area (Å²) in [5.41, 5.74) is 6.10. The maximum atomic E-state index is 13.7. The molecule has 0 saturated carbocycles. The highest BCUT2D eigenvalue weighted by molar-refractivity contribution is 9.10. The highest BCUT2D eigenvalue weighted by Crippen LogP contribution is 2.28. The van der Waals surface area contributed by atoms with Crippen molar-refractivity contribution in [3.63, 3.8) is 0 Å². The number of carbonyl (C=O) groups excluding carboxylic acids is 1. The van der Waals surface area contributed by atoms with E-state index in [2.05, 4.69) is 20.7 Å². The zero-order chi connectivity index (χ0) is 13.0. The second-order valence-corrected chi connectivity index (χ2v) is 4.64. The molecule has 1 aromatic carbocycles. The van der Waals surface area contributed by atoms with Crippen LogP contribution in [0.4, 0.5) is 4.39 Å². The number of hydrogen-bond donors (Lipinski definition) is 1. The zero-order valence-electron chi connectivity index (χ0n) is 9.53. The summed E-state index contributed by atoms with van der Waals surface area (Å²) in [5, 5.41) is 0.426. The number of halogens is 4. The van der Waals surface area contributed by atoms with Gasteiger partial charge in [-0.3, -0.25) is 0 Å². The zero-order valence-corrected chi connectivity index (χ0v) is 12.7. The molecule has 0 bridgehead atoms. The van der Waals surface area contributed by atoms with Crippen LogP contribution in [0.15, 0.2) is 22.7 Å². The molecular formula is C11H13BrCl2FNO2. The second kappa shape index (κ2) is 7.94. The van der Waals surface area contributed by atoms with E-state index in [-0.39, 0.29) is 19.0 Å². The summed E-state index contributed by atoms with van der Waals surface area (Å²) in [4.78, 5) is 11.2. The molecular weight excluding hydrogens is 348 g/mol. The van der Waals surface area contributed by atoms with E-state index in [1.165, 1.54) is 6.07 Å². The summed E-state index contributed by atoms with van der Waals surface area (Å²) < 4.78 is 18.9. The lowest BCUT2D eigenvalue weighted by Crippen LogP contribution is -2.31. The third kappa shape index (κ3) is 4.39. The Bertz CT molecular complexity index is 420. The van der Waals surface area contributed by atoms with Gasteiger partial charge in [0.25, 0.3) is 0 Å². The van der Waals surface area contributed by atoms with Gasteiger partial charge >= 0.3 is 5.97 Å². The molecule has 0 aliphatic heterocycles. The lowest BCUT2D eigenvalue weighted by atomic mass is 10.0. The molecule has 0 spiro atoms. The van der Waals surface area contributed by atoms with Crippen LogP contribution >= 0.6 is 39.9 Å². The van der Waals surface area contributed by atoms with Crippen molar-refractivity contribution in [1.29, 1.82) is 0 Å². The van der Waals surface area contributed by atoms with E-state index in [0.29, 0.717) is 15.1 Å². The number of hydrogen-bond acceptors (Lipinski definition) is 3. The molecule has 3 nitrogen and oxygen atoms in total. The number of benzene rings is 1. The molecule has 0 amide bonds. The topological polar surface area (TPSA) is 52.3 Å². The summed E-state index contributed by atoms with van der Waals surface area (Å²) in [6.45, 7) is 1.72. The van der Waals surface area contributed by atoms with Crippen molar-refractivity contribution in [1.82, 2.24) is 0 Å². The van der Waals surface area contributed by atoms with Crippen molar-refractivity contribution in [2.24, 2.45) is 5.73 Å². The lowest BCUT2D eigenvalue weighted by Gasteiger charge is -2.17. The summed E-state index contributed by atoms with van der Waals surface area (Å²) in [6, 6.07) is 3.69. The molecule has 2 atom stereocenters. The molecule has 7 heteroatoms. The quantitative estimate of drug-likeness (QED) is 0.837. The van der Waals surface area contributed by atoms with Crippen LogP contribution in [0.5, 0.6) is 0 Å². The molecule has 0 aliphatic rings. The van der Waals surface area contributed by atoms with E-state index in [1.807, 2.05) is 0 Å². The van der Waals surface area contributed by atoms with Crippen LogP contribution in [0.2, 0.25) is 5.02 Å². The van der Waals surface area contributed by atoms with Crippen LogP contribution in [-0.2, 0) is 9.53 Å². The Hall–Kier alpha value is -0.360. The maximum absolute atomic E-state index is 13.7. The highest BCUT2D eigenvalue weighted by atomic mass is 79.9. The first-order valence-corrected chi connectivity index (χ1v) is 6.15. The molecule has 0 fully saturated rings. The van der Waals surface area contributed by atoms with Crippen molar-refractivity contribution in [2.75, 3.05) is 6.61 Å². The average molecular weight is 361 g/mol. The fourth-order valence-corrected chi connectivity index (χ4v) is 1.99. The van der Waals surface area contributed by atoms with Crippen molar-refractivity contribution in [3.8, 4) is 0 Å². The molecule has 1 unspecified atom stereocenters. The Morgan fingerprint density at radius 3 is 2.78 bits per heavy atom. The normalized spacial score (nSPS) is 13.4. The molecule has 0 aromatic heterocycles. The van der Waals surface area contributed by atoms with Gasteiger partial charge in [-0.25, -0.2) is 9.18 Å². The summed E-state index contributed by atoms with van der Waals surface area (Å²) in [5.74, 6) is -0.966. The Morgan fingerprint density at radius 1 is 1.61 bits per heavy atom. The predicted molar refractivity (Wildman–Crippen MR) is 74.9 cm³/mol. The van der Waals surface area contributed by atoms with Gasteiger partial charge in [-0.15, -0.1) is 12.4 Å². The van der Waals surface area contributed by atoms with E-state index in [1.54, 1.807) is 19.1 Å². The molecule has 0 radical (unpaired) electrons. The fourth-order valence-electron chi connectivity index (χ4n) is 1.30. The van der Waals surface area contributed by atoms with Crippen LogP contribution in [0.25, 0.3) is 0 Å². The summed E-state index contributed by atoms with van der Waals surface area (Å²) in [6.07, 6.45) is -1.91. The average Bonchev–Trinajstić information content (AvgIpc) is 2.30. The van der Waals surface area contributed by atoms with Gasteiger partial charge in [0.15, 0.2) is 0 Å². The molecule has 1 aromatic rings. The third-order valence-corrected chi connectivity index (χ3v) is 3.10. The van der Waals surface area contributed by atoms with Crippen LogP contribution in [-0.4, -0.2) is 18.7 Å². The smallest absolute Gasteiger partial charge is 0.342 e. The number of nitrogens with two attached hydrogens (primary N) is 1. The van der Waals surface area contributed by atoms with E-state index in [4.69, 9.17) is 17.3 Å². The summed E-state index contributed by atoms with van der Waals surface area (Å²) in [7, 11) is 0. The standard InChI is InChI=1S/C11H12BrClFNO2.ClH/c1-2-17-11(16)9(14)10(15)7-5-6(13)3-4-8(7)12;/h3-5,9-10H,2,15H2,1H3;1H/t9?,10-;/m1./s1. The van der Waals surface area contributed by atoms with E-state index in [9.17, 15) is 9.18 Å². The van der Waals surface area contributed by atoms with Gasteiger partial charge in [0.2, 0.25) is 6.17 Å². The Kier molecular flexibility index (Phi) is 7.78. The van der Waals surface area contributed by atoms with Crippen molar-refractivity contribution in [2.45, 2.75) is 19.1 Å². The molecule has 0 aliphatic carbocycles. The number of ether oxygens (including phenoxy) is 1. The lowest BCUT2D eigenvalue weighted by molar-refractivity contribution is -0.149. The van der Waals surface area contributed by atoms with Crippen LogP contribution in [0.3, 0.4) is 0 Å². The molecule has 0 saturated heterocycles. The third-order valence-electron chi connectivity index (χ3n) is 2.14. The number of esters is 1.